The van der Waals surface area contributed by atoms with Crippen molar-refractivity contribution >= 4 is 17.5 Å². The Bertz CT molecular complexity index is 514. The standard InChI is InChI=1S/C12H11N3O2/c1-17-12(16)10-11(14-8-7-13-10)15-9-5-3-2-4-6-9/h2-8H,1H3,(H,14,15). The van der Waals surface area contributed by atoms with Crippen molar-refractivity contribution in [2.24, 2.45) is 0 Å². The van der Waals surface area contributed by atoms with Crippen molar-refractivity contribution in [3.05, 3.63) is 48.4 Å². The third kappa shape index (κ3) is 2.57. The maximum Gasteiger partial charge on any atom is 0.360 e. The van der Waals surface area contributed by atoms with Gasteiger partial charge in [-0.1, -0.05) is 18.2 Å². The highest BCUT2D eigenvalue weighted by atomic mass is 16.5. The first-order valence-corrected chi connectivity index (χ1v) is 5.02. The lowest BCUT2D eigenvalue weighted by Crippen LogP contribution is -2.09. The van der Waals surface area contributed by atoms with Crippen LogP contribution in [0.3, 0.4) is 0 Å². The molecule has 2 aromatic rings. The summed E-state index contributed by atoms with van der Waals surface area (Å²) in [5.41, 5.74) is 0.997. The second kappa shape index (κ2) is 5.07. The summed E-state index contributed by atoms with van der Waals surface area (Å²) in [5.74, 6) is -0.137. The number of benzene rings is 1. The number of anilines is 2. The molecule has 0 amide bonds. The maximum absolute atomic E-state index is 11.5. The lowest BCUT2D eigenvalue weighted by atomic mass is 10.3. The molecule has 0 radical (unpaired) electrons. The molecule has 17 heavy (non-hydrogen) atoms. The fourth-order valence-corrected chi connectivity index (χ4v) is 1.33. The summed E-state index contributed by atoms with van der Waals surface area (Å²) in [6.45, 7) is 0. The average Bonchev–Trinajstić information content (AvgIpc) is 2.40. The molecule has 1 aromatic carbocycles. The van der Waals surface area contributed by atoms with E-state index in [1.165, 1.54) is 19.5 Å². The van der Waals surface area contributed by atoms with Crippen LogP contribution in [0.4, 0.5) is 11.5 Å². The molecule has 5 nitrogen and oxygen atoms in total. The second-order valence-electron chi connectivity index (χ2n) is 3.24. The third-order valence-electron chi connectivity index (χ3n) is 2.11. The zero-order valence-corrected chi connectivity index (χ0v) is 9.25. The lowest BCUT2D eigenvalue weighted by Gasteiger charge is -2.07. The summed E-state index contributed by atoms with van der Waals surface area (Å²) in [6.07, 6.45) is 2.96. The molecule has 5 heteroatoms. The van der Waals surface area contributed by atoms with Crippen molar-refractivity contribution in [3.8, 4) is 0 Å². The molecule has 0 fully saturated rings. The van der Waals surface area contributed by atoms with E-state index in [0.29, 0.717) is 5.82 Å². The molecule has 0 aliphatic carbocycles. The normalized spacial score (nSPS) is 9.71. The van der Waals surface area contributed by atoms with Gasteiger partial charge in [-0.05, 0) is 12.1 Å². The molecule has 0 bridgehead atoms. The molecule has 0 saturated heterocycles. The Morgan fingerprint density at radius 3 is 2.59 bits per heavy atom. The highest BCUT2D eigenvalue weighted by Crippen LogP contribution is 2.16. The number of hydrogen-bond donors (Lipinski definition) is 1. The molecule has 0 aliphatic heterocycles. The lowest BCUT2D eigenvalue weighted by molar-refractivity contribution is 0.0595. The number of esters is 1. The summed E-state index contributed by atoms with van der Waals surface area (Å²) in [7, 11) is 1.31. The minimum Gasteiger partial charge on any atom is -0.464 e. The Morgan fingerprint density at radius 2 is 1.88 bits per heavy atom. The van der Waals surface area contributed by atoms with Gasteiger partial charge in [-0.25, -0.2) is 14.8 Å². The van der Waals surface area contributed by atoms with Gasteiger partial charge in [-0.3, -0.25) is 0 Å². The number of para-hydroxylation sites is 1. The van der Waals surface area contributed by atoms with Crippen molar-refractivity contribution in [3.63, 3.8) is 0 Å². The van der Waals surface area contributed by atoms with Crippen LogP contribution < -0.4 is 5.32 Å². The minimum absolute atomic E-state index is 0.166. The number of nitrogens with zero attached hydrogens (tertiary/aromatic N) is 2. The van der Waals surface area contributed by atoms with E-state index in [4.69, 9.17) is 0 Å². The Kier molecular flexibility index (Phi) is 3.30. The molecule has 1 aromatic heterocycles. The SMILES string of the molecule is COC(=O)c1nccnc1Nc1ccccc1. The molecule has 0 saturated carbocycles. The number of rotatable bonds is 3. The molecular formula is C12H11N3O2. The van der Waals surface area contributed by atoms with Crippen LogP contribution >= 0.6 is 0 Å². The quantitative estimate of drug-likeness (QED) is 0.815. The largest absolute Gasteiger partial charge is 0.464 e. The summed E-state index contributed by atoms with van der Waals surface area (Å²) in [6, 6.07) is 9.42. The van der Waals surface area contributed by atoms with E-state index in [0.717, 1.165) is 5.69 Å². The predicted octanol–water partition coefficient (Wildman–Crippen LogP) is 2.01. The van der Waals surface area contributed by atoms with E-state index >= 15 is 0 Å². The molecule has 0 atom stereocenters. The van der Waals surface area contributed by atoms with Gasteiger partial charge in [-0.15, -0.1) is 0 Å². The summed E-state index contributed by atoms with van der Waals surface area (Å²) in [4.78, 5) is 19.5. The number of methoxy groups -OCH3 is 1. The third-order valence-corrected chi connectivity index (χ3v) is 2.11. The van der Waals surface area contributed by atoms with Gasteiger partial charge in [0.15, 0.2) is 11.5 Å². The van der Waals surface area contributed by atoms with Gasteiger partial charge in [-0.2, -0.15) is 0 Å². The Hall–Kier alpha value is -2.43. The predicted molar refractivity (Wildman–Crippen MR) is 63.1 cm³/mol. The number of hydrogen-bond acceptors (Lipinski definition) is 5. The van der Waals surface area contributed by atoms with E-state index < -0.39 is 5.97 Å². The second-order valence-corrected chi connectivity index (χ2v) is 3.24. The van der Waals surface area contributed by atoms with E-state index in [-0.39, 0.29) is 5.69 Å². The highest BCUT2D eigenvalue weighted by molar-refractivity contribution is 5.93. The van der Waals surface area contributed by atoms with Crippen molar-refractivity contribution < 1.29 is 9.53 Å². The number of ether oxygens (including phenoxy) is 1. The van der Waals surface area contributed by atoms with E-state index in [1.807, 2.05) is 30.3 Å². The zero-order valence-electron chi connectivity index (χ0n) is 9.25. The zero-order chi connectivity index (χ0) is 12.1. The monoisotopic (exact) mass is 229 g/mol. The van der Waals surface area contributed by atoms with Crippen LogP contribution in [0.1, 0.15) is 10.5 Å². The molecule has 1 heterocycles. The summed E-state index contributed by atoms with van der Waals surface area (Å²) in [5, 5.41) is 3.01. The van der Waals surface area contributed by atoms with Crippen LogP contribution in [-0.4, -0.2) is 23.0 Å². The Morgan fingerprint density at radius 1 is 1.18 bits per heavy atom. The number of aromatic nitrogens is 2. The molecule has 0 aliphatic rings. The summed E-state index contributed by atoms with van der Waals surface area (Å²) < 4.78 is 4.63. The van der Waals surface area contributed by atoms with Crippen LogP contribution in [0, 0.1) is 0 Å². The fourth-order valence-electron chi connectivity index (χ4n) is 1.33. The summed E-state index contributed by atoms with van der Waals surface area (Å²) >= 11 is 0. The topological polar surface area (TPSA) is 64.1 Å². The molecule has 1 N–H and O–H groups in total. The van der Waals surface area contributed by atoms with Gasteiger partial charge >= 0.3 is 5.97 Å². The maximum atomic E-state index is 11.5. The Labute approximate surface area is 98.5 Å². The van der Waals surface area contributed by atoms with E-state index in [2.05, 4.69) is 20.0 Å². The molecular weight excluding hydrogens is 218 g/mol. The molecule has 2 rings (SSSR count). The van der Waals surface area contributed by atoms with Crippen molar-refractivity contribution in [2.45, 2.75) is 0 Å². The van der Waals surface area contributed by atoms with Gasteiger partial charge < -0.3 is 10.1 Å². The van der Waals surface area contributed by atoms with Crippen LogP contribution in [0.15, 0.2) is 42.7 Å². The molecule has 0 spiro atoms. The van der Waals surface area contributed by atoms with E-state index in [1.54, 1.807) is 0 Å². The first-order chi connectivity index (χ1) is 8.31. The highest BCUT2D eigenvalue weighted by Gasteiger charge is 2.14. The molecule has 0 unspecified atom stereocenters. The van der Waals surface area contributed by atoms with Crippen LogP contribution in [-0.2, 0) is 4.74 Å². The number of carbonyl (C=O) groups is 1. The number of carbonyl (C=O) groups excluding carboxylic acids is 1. The van der Waals surface area contributed by atoms with Gasteiger partial charge in [0.25, 0.3) is 0 Å². The average molecular weight is 229 g/mol. The van der Waals surface area contributed by atoms with E-state index in [9.17, 15) is 4.79 Å². The van der Waals surface area contributed by atoms with Gasteiger partial charge in [0.1, 0.15) is 0 Å². The fraction of sp³-hybridized carbons (Fsp3) is 0.0833. The Balaban J connectivity index is 2.30. The first-order valence-electron chi connectivity index (χ1n) is 5.02. The smallest absolute Gasteiger partial charge is 0.360 e. The van der Waals surface area contributed by atoms with Crippen molar-refractivity contribution in [1.29, 1.82) is 0 Å². The van der Waals surface area contributed by atoms with Gasteiger partial charge in [0.2, 0.25) is 0 Å². The van der Waals surface area contributed by atoms with Gasteiger partial charge in [0, 0.05) is 18.1 Å². The molecule has 86 valence electrons. The van der Waals surface area contributed by atoms with Crippen molar-refractivity contribution in [1.82, 2.24) is 9.97 Å². The first kappa shape index (κ1) is 11.1. The van der Waals surface area contributed by atoms with Crippen LogP contribution in [0.2, 0.25) is 0 Å². The van der Waals surface area contributed by atoms with Crippen LogP contribution in [0.25, 0.3) is 0 Å². The van der Waals surface area contributed by atoms with Gasteiger partial charge in [0.05, 0.1) is 7.11 Å². The number of nitrogens with one attached hydrogen (secondary N) is 1. The minimum atomic E-state index is -0.517. The van der Waals surface area contributed by atoms with Crippen LogP contribution in [0.5, 0.6) is 0 Å². The van der Waals surface area contributed by atoms with Crippen molar-refractivity contribution in [2.75, 3.05) is 12.4 Å².